The minimum absolute atomic E-state index is 0.0283. The molecule has 0 saturated carbocycles. The second kappa shape index (κ2) is 9.17. The average Bonchev–Trinajstić information content (AvgIpc) is 2.66. The Morgan fingerprint density at radius 3 is 2.15 bits per heavy atom. The number of hydrogen-bond donors (Lipinski definition) is 1. The van der Waals surface area contributed by atoms with Gasteiger partial charge < -0.3 is 19.3 Å². The number of methoxy groups -OCH3 is 2. The normalized spacial score (nSPS) is 11.8. The highest BCUT2D eigenvalue weighted by Crippen LogP contribution is 2.33. The Bertz CT molecular complexity index is 842. The summed E-state index contributed by atoms with van der Waals surface area (Å²) in [5, 5.41) is 9.27. The second-order valence-corrected chi connectivity index (χ2v) is 5.60. The maximum Gasteiger partial charge on any atom is 0.328 e. The second-order valence-electron chi connectivity index (χ2n) is 5.01. The summed E-state index contributed by atoms with van der Waals surface area (Å²) in [7, 11) is 3.05. The molecule has 0 atom stereocenters. The minimum atomic E-state index is -1.07. The van der Waals surface area contributed by atoms with Crippen LogP contribution in [0.1, 0.15) is 11.1 Å². The Morgan fingerprint density at radius 1 is 1.00 bits per heavy atom. The molecule has 136 valence electrons. The van der Waals surface area contributed by atoms with Crippen LogP contribution in [-0.2, 0) is 4.79 Å². The van der Waals surface area contributed by atoms with E-state index in [1.54, 1.807) is 42.5 Å². The van der Waals surface area contributed by atoms with Crippen molar-refractivity contribution in [1.29, 1.82) is 0 Å². The SMILES string of the molecule is COc1ccc(C(=CC(=O)O)c2ccc(OC(Cl)=CCl)cc2)cc1OC. The number of ether oxygens (including phenoxy) is 3. The fourth-order valence-corrected chi connectivity index (χ4v) is 2.43. The zero-order chi connectivity index (χ0) is 19.1. The van der Waals surface area contributed by atoms with Crippen molar-refractivity contribution in [3.8, 4) is 17.2 Å². The Kier molecular flexibility index (Phi) is 6.95. The highest BCUT2D eigenvalue weighted by atomic mass is 35.5. The maximum absolute atomic E-state index is 11.3. The van der Waals surface area contributed by atoms with E-state index in [0.717, 1.165) is 11.6 Å². The van der Waals surface area contributed by atoms with Crippen LogP contribution in [0.4, 0.5) is 0 Å². The molecule has 0 spiro atoms. The molecule has 0 aliphatic rings. The summed E-state index contributed by atoms with van der Waals surface area (Å²) in [6.07, 6.45) is 1.13. The van der Waals surface area contributed by atoms with E-state index in [4.69, 9.17) is 37.4 Å². The lowest BCUT2D eigenvalue weighted by atomic mass is 9.97. The first-order valence-corrected chi connectivity index (χ1v) is 8.21. The molecule has 0 bridgehead atoms. The molecule has 2 aromatic rings. The van der Waals surface area contributed by atoms with Gasteiger partial charge in [0.15, 0.2) is 11.5 Å². The molecule has 0 unspecified atom stereocenters. The van der Waals surface area contributed by atoms with Gasteiger partial charge in [0.2, 0.25) is 5.22 Å². The molecular formula is C19H16Cl2O5. The van der Waals surface area contributed by atoms with Gasteiger partial charge in [-0.05, 0) is 52.6 Å². The summed E-state index contributed by atoms with van der Waals surface area (Å²) in [5.41, 5.74) is 2.95. The van der Waals surface area contributed by atoms with Gasteiger partial charge in [-0.15, -0.1) is 0 Å². The van der Waals surface area contributed by atoms with Crippen molar-refractivity contribution in [2.45, 2.75) is 0 Å². The van der Waals surface area contributed by atoms with Crippen LogP contribution in [0.5, 0.6) is 17.2 Å². The van der Waals surface area contributed by atoms with Gasteiger partial charge in [0.25, 0.3) is 0 Å². The van der Waals surface area contributed by atoms with Crippen molar-refractivity contribution in [3.05, 3.63) is 70.4 Å². The van der Waals surface area contributed by atoms with Gasteiger partial charge in [0.1, 0.15) is 5.75 Å². The zero-order valence-electron chi connectivity index (χ0n) is 14.0. The fraction of sp³-hybridized carbons (Fsp3) is 0.105. The van der Waals surface area contributed by atoms with Gasteiger partial charge in [-0.3, -0.25) is 0 Å². The summed E-state index contributed by atoms with van der Waals surface area (Å²) in [6, 6.07) is 12.0. The summed E-state index contributed by atoms with van der Waals surface area (Å²) < 4.78 is 15.8. The van der Waals surface area contributed by atoms with Crippen molar-refractivity contribution in [1.82, 2.24) is 0 Å². The molecule has 2 rings (SSSR count). The smallest absolute Gasteiger partial charge is 0.328 e. The first kappa shape index (κ1) is 19.7. The Balaban J connectivity index is 2.44. The quantitative estimate of drug-likeness (QED) is 0.535. The summed E-state index contributed by atoms with van der Waals surface area (Å²) >= 11 is 11.2. The molecule has 0 aliphatic carbocycles. The Hall–Kier alpha value is -2.63. The predicted molar refractivity (Wildman–Crippen MR) is 101 cm³/mol. The van der Waals surface area contributed by atoms with Crippen LogP contribution in [0.15, 0.2) is 59.3 Å². The molecule has 26 heavy (non-hydrogen) atoms. The number of carboxylic acid groups (broad SMARTS) is 1. The van der Waals surface area contributed by atoms with E-state index in [2.05, 4.69) is 0 Å². The number of rotatable bonds is 7. The fourth-order valence-electron chi connectivity index (χ4n) is 2.30. The van der Waals surface area contributed by atoms with Crippen molar-refractivity contribution in [2.24, 2.45) is 0 Å². The van der Waals surface area contributed by atoms with Crippen molar-refractivity contribution in [3.63, 3.8) is 0 Å². The van der Waals surface area contributed by atoms with Crippen molar-refractivity contribution < 1.29 is 24.1 Å². The molecule has 0 aromatic heterocycles. The third-order valence-corrected chi connectivity index (χ3v) is 3.92. The van der Waals surface area contributed by atoms with E-state index in [1.165, 1.54) is 14.2 Å². The molecule has 0 aliphatic heterocycles. The minimum Gasteiger partial charge on any atom is -0.493 e. The predicted octanol–water partition coefficient (Wildman–Crippen LogP) is 4.88. The lowest BCUT2D eigenvalue weighted by Crippen LogP contribution is -1.97. The van der Waals surface area contributed by atoms with Crippen LogP contribution in [0.25, 0.3) is 5.57 Å². The number of halogens is 2. The average molecular weight is 395 g/mol. The third kappa shape index (κ3) is 4.94. The molecule has 0 radical (unpaired) electrons. The number of aliphatic carboxylic acids is 1. The lowest BCUT2D eigenvalue weighted by Gasteiger charge is -2.13. The molecule has 0 amide bonds. The van der Waals surface area contributed by atoms with E-state index in [1.807, 2.05) is 0 Å². The van der Waals surface area contributed by atoms with Gasteiger partial charge in [-0.1, -0.05) is 29.8 Å². The molecule has 1 N–H and O–H groups in total. The van der Waals surface area contributed by atoms with E-state index in [-0.39, 0.29) is 5.22 Å². The van der Waals surface area contributed by atoms with Crippen LogP contribution < -0.4 is 14.2 Å². The van der Waals surface area contributed by atoms with Gasteiger partial charge >= 0.3 is 5.97 Å². The molecule has 7 heteroatoms. The number of carbonyl (C=O) groups is 1. The molecule has 2 aromatic carbocycles. The van der Waals surface area contributed by atoms with E-state index < -0.39 is 5.97 Å². The van der Waals surface area contributed by atoms with Gasteiger partial charge in [-0.25, -0.2) is 4.79 Å². The number of benzene rings is 2. The zero-order valence-corrected chi connectivity index (χ0v) is 15.5. The first-order valence-electron chi connectivity index (χ1n) is 7.39. The highest BCUT2D eigenvalue weighted by molar-refractivity contribution is 6.35. The Labute approximate surface area is 161 Å². The van der Waals surface area contributed by atoms with Crippen molar-refractivity contribution >= 4 is 34.7 Å². The summed E-state index contributed by atoms with van der Waals surface area (Å²) in [4.78, 5) is 11.3. The largest absolute Gasteiger partial charge is 0.493 e. The van der Waals surface area contributed by atoms with Crippen LogP contribution in [0.3, 0.4) is 0 Å². The van der Waals surface area contributed by atoms with Gasteiger partial charge in [0.05, 0.1) is 19.8 Å². The van der Waals surface area contributed by atoms with Gasteiger partial charge in [-0.2, -0.15) is 0 Å². The van der Waals surface area contributed by atoms with Crippen LogP contribution >= 0.6 is 23.2 Å². The molecule has 5 nitrogen and oxygen atoms in total. The van der Waals surface area contributed by atoms with Crippen LogP contribution in [-0.4, -0.2) is 25.3 Å². The lowest BCUT2D eigenvalue weighted by molar-refractivity contribution is -0.131. The van der Waals surface area contributed by atoms with Crippen LogP contribution in [0, 0.1) is 0 Å². The molecule has 0 fully saturated rings. The van der Waals surface area contributed by atoms with E-state index in [9.17, 15) is 9.90 Å². The standard InChI is InChI=1S/C19H16Cl2O5/c1-24-16-8-5-13(9-17(16)25-2)15(10-19(22)23)12-3-6-14(7-4-12)26-18(21)11-20/h3-11H,1-2H3,(H,22,23). The monoisotopic (exact) mass is 394 g/mol. The molecule has 0 saturated heterocycles. The summed E-state index contributed by atoms with van der Waals surface area (Å²) in [6.45, 7) is 0. The molecule has 0 heterocycles. The highest BCUT2D eigenvalue weighted by Gasteiger charge is 2.12. The third-order valence-electron chi connectivity index (χ3n) is 3.43. The van der Waals surface area contributed by atoms with Gasteiger partial charge in [0, 0.05) is 6.08 Å². The number of carboxylic acids is 1. The van der Waals surface area contributed by atoms with Crippen molar-refractivity contribution in [2.75, 3.05) is 14.2 Å². The first-order chi connectivity index (χ1) is 12.5. The Morgan fingerprint density at radius 2 is 1.62 bits per heavy atom. The van der Waals surface area contributed by atoms with E-state index >= 15 is 0 Å². The topological polar surface area (TPSA) is 65.0 Å². The maximum atomic E-state index is 11.3. The van der Waals surface area contributed by atoms with E-state index in [0.29, 0.717) is 33.9 Å². The number of hydrogen-bond acceptors (Lipinski definition) is 4. The molecular weight excluding hydrogens is 379 g/mol. The summed E-state index contributed by atoms with van der Waals surface area (Å²) in [5.74, 6) is 0.457. The van der Waals surface area contributed by atoms with Crippen LogP contribution in [0.2, 0.25) is 0 Å².